The van der Waals surface area contributed by atoms with Gasteiger partial charge in [-0.25, -0.2) is 0 Å². The quantitative estimate of drug-likeness (QED) is 0.189. The number of nitrogens with zero attached hydrogens (tertiary/aromatic N) is 3. The highest BCUT2D eigenvalue weighted by Crippen LogP contribution is 2.27. The Labute approximate surface area is 197 Å². The molecule has 0 bridgehead atoms. The molecule has 0 radical (unpaired) electrons. The van der Waals surface area contributed by atoms with E-state index in [2.05, 4.69) is 14.7 Å². The average molecular weight is 468 g/mol. The van der Waals surface area contributed by atoms with Gasteiger partial charge in [-0.3, -0.25) is 14.4 Å². The zero-order valence-corrected chi connectivity index (χ0v) is 20.7. The first-order valence-electron chi connectivity index (χ1n) is 12.3. The topological polar surface area (TPSA) is 87.9 Å². The summed E-state index contributed by atoms with van der Waals surface area (Å²) in [4.78, 5) is 43.4. The van der Waals surface area contributed by atoms with Crippen LogP contribution in [0.4, 0.5) is 0 Å². The SMILES string of the molecule is CCC(COC(=O)CCC1CN1C)(COC(=O)CCC1CN1C)COC(=O)CCC1CN1C. The van der Waals surface area contributed by atoms with Crippen molar-refractivity contribution in [2.45, 2.75) is 70.0 Å². The van der Waals surface area contributed by atoms with Crippen molar-refractivity contribution in [1.29, 1.82) is 0 Å². The highest BCUT2D eigenvalue weighted by atomic mass is 16.6. The molecule has 0 amide bonds. The summed E-state index contributed by atoms with van der Waals surface area (Å²) in [6.45, 7) is 5.20. The predicted molar refractivity (Wildman–Crippen MR) is 123 cm³/mol. The highest BCUT2D eigenvalue weighted by molar-refractivity contribution is 5.70. The molecule has 9 heteroatoms. The average Bonchev–Trinajstić information content (AvgIpc) is 3.74. The van der Waals surface area contributed by atoms with Gasteiger partial charge in [0.05, 0.1) is 5.41 Å². The summed E-state index contributed by atoms with van der Waals surface area (Å²) in [5.41, 5.74) is -0.732. The van der Waals surface area contributed by atoms with Crippen LogP contribution in [0.1, 0.15) is 51.9 Å². The number of carbonyl (C=O) groups excluding carboxylic acids is 3. The van der Waals surface area contributed by atoms with Gasteiger partial charge in [0.25, 0.3) is 0 Å². The van der Waals surface area contributed by atoms with Gasteiger partial charge in [-0.2, -0.15) is 0 Å². The second-order valence-electron chi connectivity index (χ2n) is 10.2. The maximum atomic E-state index is 12.3. The minimum Gasteiger partial charge on any atom is -0.465 e. The molecule has 3 fully saturated rings. The third-order valence-corrected chi connectivity index (χ3v) is 7.38. The van der Waals surface area contributed by atoms with Gasteiger partial charge < -0.3 is 28.9 Å². The van der Waals surface area contributed by atoms with Crippen molar-refractivity contribution in [1.82, 2.24) is 14.7 Å². The molecule has 3 rings (SSSR count). The number of rotatable bonds is 16. The Hall–Kier alpha value is -1.71. The molecule has 0 saturated carbocycles. The minimum absolute atomic E-state index is 0.0696. The molecule has 3 saturated heterocycles. The number of ether oxygens (including phenoxy) is 3. The fraction of sp³-hybridized carbons (Fsp3) is 0.875. The lowest BCUT2D eigenvalue weighted by molar-refractivity contribution is -0.162. The van der Waals surface area contributed by atoms with Crippen LogP contribution in [0, 0.1) is 5.41 Å². The molecule has 6 atom stereocenters. The van der Waals surface area contributed by atoms with Crippen LogP contribution in [0.25, 0.3) is 0 Å². The monoisotopic (exact) mass is 467 g/mol. The largest absolute Gasteiger partial charge is 0.465 e. The third-order valence-electron chi connectivity index (χ3n) is 7.38. The van der Waals surface area contributed by atoms with E-state index < -0.39 is 5.41 Å². The van der Waals surface area contributed by atoms with Crippen LogP contribution in [0.5, 0.6) is 0 Å². The molecule has 3 aliphatic rings. The standard InChI is InChI=1S/C24H41N3O6/c1-5-24(15-31-21(28)9-6-18-12-25(18)2,16-32-22(29)10-7-19-13-26(19)3)17-33-23(30)11-8-20-14-27(20)4/h18-20H,5-17H2,1-4H3. The van der Waals surface area contributed by atoms with E-state index in [4.69, 9.17) is 14.2 Å². The summed E-state index contributed by atoms with van der Waals surface area (Å²) < 4.78 is 16.7. The smallest absolute Gasteiger partial charge is 0.305 e. The summed E-state index contributed by atoms with van der Waals surface area (Å²) >= 11 is 0. The van der Waals surface area contributed by atoms with E-state index in [0.717, 1.165) is 38.9 Å². The van der Waals surface area contributed by atoms with Gasteiger partial charge in [0.2, 0.25) is 0 Å². The molecule has 9 nitrogen and oxygen atoms in total. The molecule has 0 aromatic carbocycles. The van der Waals surface area contributed by atoms with Crippen LogP contribution in [-0.2, 0) is 28.6 Å². The summed E-state index contributed by atoms with van der Waals surface area (Å²) in [5, 5.41) is 0. The van der Waals surface area contributed by atoms with Crippen LogP contribution in [0.2, 0.25) is 0 Å². The molecule has 0 spiro atoms. The van der Waals surface area contributed by atoms with Crippen LogP contribution in [0.15, 0.2) is 0 Å². The lowest BCUT2D eigenvalue weighted by Crippen LogP contribution is -2.39. The fourth-order valence-corrected chi connectivity index (χ4v) is 3.99. The Bertz CT molecular complexity index is 613. The second kappa shape index (κ2) is 11.6. The van der Waals surface area contributed by atoms with E-state index in [1.54, 1.807) is 0 Å². The number of esters is 3. The minimum atomic E-state index is -0.732. The van der Waals surface area contributed by atoms with Crippen molar-refractivity contribution in [2.24, 2.45) is 5.41 Å². The van der Waals surface area contributed by atoms with Crippen molar-refractivity contribution in [3.05, 3.63) is 0 Å². The maximum Gasteiger partial charge on any atom is 0.305 e. The zero-order chi connectivity index (χ0) is 24.0. The van der Waals surface area contributed by atoms with Gasteiger partial charge in [0, 0.05) is 57.0 Å². The van der Waals surface area contributed by atoms with Gasteiger partial charge in [0.15, 0.2) is 0 Å². The number of hydrogen-bond donors (Lipinski definition) is 0. The molecule has 3 heterocycles. The van der Waals surface area contributed by atoms with Crippen LogP contribution in [-0.4, -0.2) is 111 Å². The number of hydrogen-bond acceptors (Lipinski definition) is 9. The lowest BCUT2D eigenvalue weighted by Gasteiger charge is -2.31. The molecule has 0 aromatic rings. The van der Waals surface area contributed by atoms with E-state index in [1.807, 2.05) is 28.1 Å². The first-order valence-corrected chi connectivity index (χ1v) is 12.3. The van der Waals surface area contributed by atoms with Crippen molar-refractivity contribution in [2.75, 3.05) is 60.6 Å². The van der Waals surface area contributed by atoms with E-state index >= 15 is 0 Å². The Morgan fingerprint density at radius 1 is 0.667 bits per heavy atom. The number of likely N-dealkylation sites (N-methyl/N-ethyl adjacent to an activating group) is 3. The highest BCUT2D eigenvalue weighted by Gasteiger charge is 2.36. The van der Waals surface area contributed by atoms with Gasteiger partial charge in [-0.05, 0) is 46.8 Å². The van der Waals surface area contributed by atoms with E-state index in [1.165, 1.54) is 0 Å². The molecular formula is C24H41N3O6. The lowest BCUT2D eigenvalue weighted by atomic mass is 9.88. The van der Waals surface area contributed by atoms with Crippen molar-refractivity contribution in [3.8, 4) is 0 Å². The van der Waals surface area contributed by atoms with E-state index in [-0.39, 0.29) is 37.7 Å². The van der Waals surface area contributed by atoms with Gasteiger partial charge in [-0.1, -0.05) is 6.92 Å². The predicted octanol–water partition coefficient (Wildman–Crippen LogP) is 1.30. The Kier molecular flexibility index (Phi) is 9.12. The summed E-state index contributed by atoms with van der Waals surface area (Å²) in [5.74, 6) is -0.794. The molecule has 6 unspecified atom stereocenters. The Morgan fingerprint density at radius 3 is 1.15 bits per heavy atom. The summed E-state index contributed by atoms with van der Waals surface area (Å²) in [7, 11) is 6.09. The molecule has 3 aliphatic heterocycles. The van der Waals surface area contributed by atoms with Crippen molar-refractivity contribution in [3.63, 3.8) is 0 Å². The van der Waals surface area contributed by atoms with Gasteiger partial charge in [0.1, 0.15) is 19.8 Å². The van der Waals surface area contributed by atoms with Crippen LogP contribution >= 0.6 is 0 Å². The maximum absolute atomic E-state index is 12.3. The first kappa shape index (κ1) is 25.9. The summed E-state index contributed by atoms with van der Waals surface area (Å²) in [6.07, 6.45) is 3.98. The van der Waals surface area contributed by atoms with Gasteiger partial charge in [-0.15, -0.1) is 0 Å². The summed E-state index contributed by atoms with van der Waals surface area (Å²) in [6, 6.07) is 1.39. The Morgan fingerprint density at radius 2 is 0.939 bits per heavy atom. The third kappa shape index (κ3) is 8.87. The molecular weight excluding hydrogens is 426 g/mol. The van der Waals surface area contributed by atoms with E-state index in [9.17, 15) is 14.4 Å². The second-order valence-corrected chi connectivity index (χ2v) is 10.2. The fourth-order valence-electron chi connectivity index (χ4n) is 3.99. The van der Waals surface area contributed by atoms with Crippen LogP contribution in [0.3, 0.4) is 0 Å². The molecule has 0 aliphatic carbocycles. The molecule has 33 heavy (non-hydrogen) atoms. The molecule has 0 N–H and O–H groups in total. The Balaban J connectivity index is 1.46. The van der Waals surface area contributed by atoms with Crippen LogP contribution < -0.4 is 0 Å². The van der Waals surface area contributed by atoms with E-state index in [0.29, 0.717) is 43.8 Å². The normalized spacial score (nSPS) is 31.3. The van der Waals surface area contributed by atoms with Crippen molar-refractivity contribution < 1.29 is 28.6 Å². The number of carbonyl (C=O) groups is 3. The van der Waals surface area contributed by atoms with Crippen molar-refractivity contribution >= 4 is 17.9 Å². The van der Waals surface area contributed by atoms with Gasteiger partial charge >= 0.3 is 17.9 Å². The molecule has 0 aromatic heterocycles. The molecule has 188 valence electrons. The zero-order valence-electron chi connectivity index (χ0n) is 20.7. The first-order chi connectivity index (χ1) is 15.7.